The molecule has 21 heavy (non-hydrogen) atoms. The Balaban J connectivity index is 1.86. The first-order valence-corrected chi connectivity index (χ1v) is 6.47. The van der Waals surface area contributed by atoms with Gasteiger partial charge in [-0.05, 0) is 18.2 Å². The third-order valence-electron chi connectivity index (χ3n) is 3.50. The normalized spacial score (nSPS) is 15.2. The van der Waals surface area contributed by atoms with Crippen LogP contribution in [0.5, 0.6) is 0 Å². The number of halogens is 1. The highest BCUT2D eigenvalue weighted by molar-refractivity contribution is 6.21. The van der Waals surface area contributed by atoms with Gasteiger partial charge in [-0.3, -0.25) is 14.5 Å². The number of β-amino-alcohol motifs (C(OH)–C–C–N with tert-alkyl or cyclic N) is 1. The Morgan fingerprint density at radius 2 is 1.48 bits per heavy atom. The lowest BCUT2D eigenvalue weighted by molar-refractivity contribution is 0.0539. The minimum absolute atomic E-state index is 0.0639. The van der Waals surface area contributed by atoms with Gasteiger partial charge < -0.3 is 5.11 Å². The monoisotopic (exact) mass is 285 g/mol. The average Bonchev–Trinajstić information content (AvgIpc) is 2.73. The van der Waals surface area contributed by atoms with E-state index in [1.165, 1.54) is 18.2 Å². The molecule has 0 fully saturated rings. The number of amides is 2. The number of benzene rings is 2. The second kappa shape index (κ2) is 5.10. The van der Waals surface area contributed by atoms with Gasteiger partial charge in [0.05, 0.1) is 23.8 Å². The highest BCUT2D eigenvalue weighted by atomic mass is 19.1. The molecule has 0 radical (unpaired) electrons. The summed E-state index contributed by atoms with van der Waals surface area (Å²) < 4.78 is 13.6. The zero-order valence-corrected chi connectivity index (χ0v) is 11.0. The molecule has 1 aliphatic rings. The Bertz CT molecular complexity index is 694. The fraction of sp³-hybridized carbons (Fsp3) is 0.125. The minimum atomic E-state index is -1.26. The topological polar surface area (TPSA) is 57.6 Å². The highest BCUT2D eigenvalue weighted by Crippen LogP contribution is 2.25. The number of fused-ring (bicyclic) bond motifs is 1. The summed E-state index contributed by atoms with van der Waals surface area (Å²) in [4.78, 5) is 25.3. The lowest BCUT2D eigenvalue weighted by atomic mass is 10.1. The highest BCUT2D eigenvalue weighted by Gasteiger charge is 2.36. The molecule has 1 N–H and O–H groups in total. The van der Waals surface area contributed by atoms with Crippen molar-refractivity contribution in [3.63, 3.8) is 0 Å². The maximum absolute atomic E-state index is 13.6. The van der Waals surface area contributed by atoms with E-state index in [2.05, 4.69) is 0 Å². The second-order valence-corrected chi connectivity index (χ2v) is 4.80. The zero-order valence-electron chi connectivity index (χ0n) is 11.0. The molecule has 4 nitrogen and oxygen atoms in total. The van der Waals surface area contributed by atoms with Crippen LogP contribution < -0.4 is 0 Å². The van der Waals surface area contributed by atoms with Gasteiger partial charge >= 0.3 is 0 Å². The van der Waals surface area contributed by atoms with Crippen molar-refractivity contribution in [3.05, 3.63) is 71.0 Å². The molecule has 3 rings (SSSR count). The number of imide groups is 1. The Kier molecular flexibility index (Phi) is 3.27. The zero-order chi connectivity index (χ0) is 15.0. The molecule has 2 aromatic rings. The molecule has 0 saturated heterocycles. The molecule has 0 bridgehead atoms. The smallest absolute Gasteiger partial charge is 0.261 e. The summed E-state index contributed by atoms with van der Waals surface area (Å²) in [5.41, 5.74) is 0.681. The van der Waals surface area contributed by atoms with Crippen LogP contribution in [0.3, 0.4) is 0 Å². The van der Waals surface area contributed by atoms with Crippen molar-refractivity contribution >= 4 is 11.8 Å². The fourth-order valence-electron chi connectivity index (χ4n) is 2.42. The molecule has 106 valence electrons. The van der Waals surface area contributed by atoms with Crippen LogP contribution in [0, 0.1) is 5.82 Å². The molecule has 5 heteroatoms. The number of hydrogen-bond donors (Lipinski definition) is 1. The maximum atomic E-state index is 13.6. The second-order valence-electron chi connectivity index (χ2n) is 4.80. The third kappa shape index (κ3) is 2.21. The molecule has 2 aromatic carbocycles. The quantitative estimate of drug-likeness (QED) is 0.879. The Morgan fingerprint density at radius 3 is 2.05 bits per heavy atom. The Hall–Kier alpha value is -2.53. The van der Waals surface area contributed by atoms with Crippen molar-refractivity contribution in [3.8, 4) is 0 Å². The molecule has 1 heterocycles. The van der Waals surface area contributed by atoms with Gasteiger partial charge in [0.25, 0.3) is 11.8 Å². The van der Waals surface area contributed by atoms with Gasteiger partial charge in [0.2, 0.25) is 0 Å². The van der Waals surface area contributed by atoms with Crippen LogP contribution in [0.1, 0.15) is 32.4 Å². The van der Waals surface area contributed by atoms with Crippen molar-refractivity contribution in [2.75, 3.05) is 6.54 Å². The molecule has 0 aromatic heterocycles. The van der Waals surface area contributed by atoms with Crippen LogP contribution in [-0.4, -0.2) is 28.4 Å². The number of rotatable bonds is 3. The number of carbonyl (C=O) groups excluding carboxylic acids is 2. The van der Waals surface area contributed by atoms with Crippen LogP contribution in [0.2, 0.25) is 0 Å². The standard InChI is InChI=1S/C16H12FNO3/c17-13-8-4-3-7-12(13)14(19)9-18-15(20)10-5-1-2-6-11(10)16(18)21/h1-8,14,19H,9H2/t14-/m1/s1. The largest absolute Gasteiger partial charge is 0.386 e. The van der Waals surface area contributed by atoms with Crippen LogP contribution in [0.15, 0.2) is 48.5 Å². The van der Waals surface area contributed by atoms with Crippen molar-refractivity contribution in [1.82, 2.24) is 4.90 Å². The summed E-state index contributed by atoms with van der Waals surface area (Å²) in [6.07, 6.45) is -1.26. The van der Waals surface area contributed by atoms with Crippen LogP contribution in [-0.2, 0) is 0 Å². The lowest BCUT2D eigenvalue weighted by Crippen LogP contribution is -2.34. The molecule has 2 amide bonds. The first-order valence-electron chi connectivity index (χ1n) is 6.47. The summed E-state index contributed by atoms with van der Waals surface area (Å²) in [5, 5.41) is 10.1. The predicted molar refractivity (Wildman–Crippen MR) is 73.2 cm³/mol. The van der Waals surface area contributed by atoms with Gasteiger partial charge in [0, 0.05) is 5.56 Å². The molecular formula is C16H12FNO3. The molecule has 0 spiro atoms. The SMILES string of the molecule is O=C1c2ccccc2C(=O)N1C[C@@H](O)c1ccccc1F. The van der Waals surface area contributed by atoms with Crippen molar-refractivity contribution in [1.29, 1.82) is 0 Å². The number of carbonyl (C=O) groups is 2. The van der Waals surface area contributed by atoms with Gasteiger partial charge in [-0.2, -0.15) is 0 Å². The first kappa shape index (κ1) is 13.5. The van der Waals surface area contributed by atoms with Gasteiger partial charge in [-0.15, -0.1) is 0 Å². The summed E-state index contributed by atoms with van der Waals surface area (Å²) in [7, 11) is 0. The molecule has 1 atom stereocenters. The van der Waals surface area contributed by atoms with E-state index in [1.54, 1.807) is 30.3 Å². The number of hydrogen-bond acceptors (Lipinski definition) is 3. The Morgan fingerprint density at radius 1 is 0.952 bits per heavy atom. The van der Waals surface area contributed by atoms with E-state index in [-0.39, 0.29) is 12.1 Å². The van der Waals surface area contributed by atoms with Gasteiger partial charge in [-0.25, -0.2) is 4.39 Å². The van der Waals surface area contributed by atoms with E-state index in [4.69, 9.17) is 0 Å². The molecule has 1 aliphatic heterocycles. The van der Waals surface area contributed by atoms with E-state index in [1.807, 2.05) is 0 Å². The summed E-state index contributed by atoms with van der Waals surface area (Å²) in [6.45, 7) is -0.271. The minimum Gasteiger partial charge on any atom is -0.386 e. The lowest BCUT2D eigenvalue weighted by Gasteiger charge is -2.19. The van der Waals surface area contributed by atoms with Crippen molar-refractivity contribution in [2.45, 2.75) is 6.10 Å². The predicted octanol–water partition coefficient (Wildman–Crippen LogP) is 2.16. The van der Waals surface area contributed by atoms with Crippen molar-refractivity contribution < 1.29 is 19.1 Å². The van der Waals surface area contributed by atoms with E-state index >= 15 is 0 Å². The molecular weight excluding hydrogens is 273 g/mol. The number of aliphatic hydroxyl groups excluding tert-OH is 1. The van der Waals surface area contributed by atoms with Crippen LogP contribution in [0.4, 0.5) is 4.39 Å². The summed E-state index contributed by atoms with van der Waals surface area (Å²) in [5.74, 6) is -1.50. The van der Waals surface area contributed by atoms with Crippen molar-refractivity contribution in [2.24, 2.45) is 0 Å². The maximum Gasteiger partial charge on any atom is 0.261 e. The third-order valence-corrected chi connectivity index (χ3v) is 3.50. The first-order chi connectivity index (χ1) is 10.1. The average molecular weight is 285 g/mol. The van der Waals surface area contributed by atoms with E-state index < -0.39 is 23.7 Å². The number of aliphatic hydroxyl groups is 1. The fourth-order valence-corrected chi connectivity index (χ4v) is 2.42. The van der Waals surface area contributed by atoms with E-state index in [0.717, 1.165) is 4.90 Å². The summed E-state index contributed by atoms with van der Waals surface area (Å²) >= 11 is 0. The summed E-state index contributed by atoms with van der Waals surface area (Å²) in [6, 6.07) is 12.2. The Labute approximate surface area is 120 Å². The van der Waals surface area contributed by atoms with E-state index in [0.29, 0.717) is 11.1 Å². The number of nitrogens with zero attached hydrogens (tertiary/aromatic N) is 1. The molecule has 0 unspecified atom stereocenters. The van der Waals surface area contributed by atoms with Crippen LogP contribution >= 0.6 is 0 Å². The molecule has 0 aliphatic carbocycles. The van der Waals surface area contributed by atoms with Gasteiger partial charge in [0.1, 0.15) is 5.82 Å². The van der Waals surface area contributed by atoms with E-state index in [9.17, 15) is 19.1 Å². The van der Waals surface area contributed by atoms with Gasteiger partial charge in [-0.1, -0.05) is 30.3 Å². The van der Waals surface area contributed by atoms with Crippen LogP contribution in [0.25, 0.3) is 0 Å². The molecule has 0 saturated carbocycles. The van der Waals surface area contributed by atoms with Gasteiger partial charge in [0.15, 0.2) is 0 Å².